The largest absolute Gasteiger partial charge is 0.497 e. The van der Waals surface area contributed by atoms with Gasteiger partial charge in [-0.2, -0.15) is 5.01 Å². The number of rotatable bonds is 6. The highest BCUT2D eigenvalue weighted by Crippen LogP contribution is 2.29. The van der Waals surface area contributed by atoms with Gasteiger partial charge >= 0.3 is 6.03 Å². The number of urea groups is 1. The van der Waals surface area contributed by atoms with E-state index in [9.17, 15) is 14.4 Å². The monoisotopic (exact) mass is 399 g/mol. The molecule has 2 aromatic rings. The lowest BCUT2D eigenvalue weighted by atomic mass is 9.92. The number of imide groups is 1. The number of benzene rings is 2. The third kappa shape index (κ3) is 3.96. The van der Waals surface area contributed by atoms with E-state index in [1.165, 1.54) is 11.8 Å². The Morgan fingerprint density at radius 2 is 1.79 bits per heavy atom. The molecule has 8 heteroatoms. The molecular formula is C20H21N3O4S. The Kier molecular flexibility index (Phi) is 5.60. The van der Waals surface area contributed by atoms with E-state index < -0.39 is 23.4 Å². The van der Waals surface area contributed by atoms with Crippen LogP contribution in [0.4, 0.5) is 4.79 Å². The number of carbonyl (C=O) groups excluding carboxylic acids is 3. The van der Waals surface area contributed by atoms with Gasteiger partial charge in [0.05, 0.1) is 12.9 Å². The van der Waals surface area contributed by atoms with Crippen molar-refractivity contribution in [2.75, 3.05) is 12.9 Å². The average molecular weight is 399 g/mol. The molecule has 2 aromatic carbocycles. The first-order valence-corrected chi connectivity index (χ1v) is 9.62. The smallest absolute Gasteiger partial charge is 0.344 e. The van der Waals surface area contributed by atoms with E-state index in [2.05, 4.69) is 10.7 Å². The van der Waals surface area contributed by atoms with Crippen molar-refractivity contribution in [1.29, 1.82) is 0 Å². The van der Waals surface area contributed by atoms with Gasteiger partial charge in [0.25, 0.3) is 5.91 Å². The number of hydrazine groups is 1. The fourth-order valence-electron chi connectivity index (χ4n) is 2.80. The summed E-state index contributed by atoms with van der Waals surface area (Å²) < 4.78 is 5.11. The Morgan fingerprint density at radius 3 is 2.39 bits per heavy atom. The standard InChI is InChI=1S/C20H21N3O4S/c1-13-4-10-16(11-5-13)28-12-17(24)22-23-18(25)20(2,21-19(23)26)14-6-8-15(27-3)9-7-14/h4-11H,12H2,1-3H3,(H,21,26)(H,22,24)/t20-/m1/s1. The highest BCUT2D eigenvalue weighted by atomic mass is 32.2. The second-order valence-corrected chi connectivity index (χ2v) is 7.61. The van der Waals surface area contributed by atoms with Crippen LogP contribution in [0, 0.1) is 6.92 Å². The van der Waals surface area contributed by atoms with Crippen LogP contribution in [0.3, 0.4) is 0 Å². The van der Waals surface area contributed by atoms with Crippen LogP contribution in [0.25, 0.3) is 0 Å². The fourth-order valence-corrected chi connectivity index (χ4v) is 3.49. The molecule has 0 spiro atoms. The summed E-state index contributed by atoms with van der Waals surface area (Å²) >= 11 is 1.33. The zero-order valence-corrected chi connectivity index (χ0v) is 16.6. The van der Waals surface area contributed by atoms with E-state index >= 15 is 0 Å². The molecule has 0 bridgehead atoms. The van der Waals surface area contributed by atoms with E-state index in [4.69, 9.17) is 4.74 Å². The molecule has 7 nitrogen and oxygen atoms in total. The van der Waals surface area contributed by atoms with E-state index in [0.717, 1.165) is 15.5 Å². The predicted molar refractivity (Wildman–Crippen MR) is 106 cm³/mol. The molecule has 28 heavy (non-hydrogen) atoms. The van der Waals surface area contributed by atoms with Crippen LogP contribution in [-0.2, 0) is 15.1 Å². The van der Waals surface area contributed by atoms with Crippen molar-refractivity contribution < 1.29 is 19.1 Å². The number of amides is 4. The van der Waals surface area contributed by atoms with E-state index in [1.54, 1.807) is 38.3 Å². The number of methoxy groups -OCH3 is 1. The molecule has 4 amide bonds. The lowest BCUT2D eigenvalue weighted by molar-refractivity contribution is -0.138. The summed E-state index contributed by atoms with van der Waals surface area (Å²) in [5, 5.41) is 3.38. The van der Waals surface area contributed by atoms with Gasteiger partial charge in [-0.25, -0.2) is 4.79 Å². The summed E-state index contributed by atoms with van der Waals surface area (Å²) in [4.78, 5) is 38.3. The van der Waals surface area contributed by atoms with Gasteiger partial charge in [-0.3, -0.25) is 15.0 Å². The third-order valence-corrected chi connectivity index (χ3v) is 5.50. The van der Waals surface area contributed by atoms with Crippen LogP contribution < -0.4 is 15.5 Å². The molecule has 1 aliphatic rings. The predicted octanol–water partition coefficient (Wildman–Crippen LogP) is 2.59. The summed E-state index contributed by atoms with van der Waals surface area (Å²) in [5.41, 5.74) is 2.86. The minimum atomic E-state index is -1.26. The van der Waals surface area contributed by atoms with Crippen molar-refractivity contribution in [3.63, 3.8) is 0 Å². The Morgan fingerprint density at radius 1 is 1.14 bits per heavy atom. The second-order valence-electron chi connectivity index (χ2n) is 6.56. The van der Waals surface area contributed by atoms with Crippen LogP contribution >= 0.6 is 11.8 Å². The Hall–Kier alpha value is -3.00. The van der Waals surface area contributed by atoms with Gasteiger partial charge in [-0.05, 0) is 43.7 Å². The zero-order chi connectivity index (χ0) is 20.3. The molecule has 3 rings (SSSR count). The average Bonchev–Trinajstić information content (AvgIpc) is 2.91. The van der Waals surface area contributed by atoms with Gasteiger partial charge in [0, 0.05) is 4.90 Å². The number of hydrogen-bond donors (Lipinski definition) is 2. The van der Waals surface area contributed by atoms with Crippen molar-refractivity contribution in [2.24, 2.45) is 0 Å². The topological polar surface area (TPSA) is 87.7 Å². The third-order valence-electron chi connectivity index (χ3n) is 4.49. The normalized spacial score (nSPS) is 18.8. The maximum atomic E-state index is 12.8. The maximum Gasteiger partial charge on any atom is 0.344 e. The summed E-state index contributed by atoms with van der Waals surface area (Å²) in [5.74, 6) is -0.258. The van der Waals surface area contributed by atoms with Gasteiger partial charge < -0.3 is 10.1 Å². The molecule has 1 atom stereocenters. The molecular weight excluding hydrogens is 378 g/mol. The van der Waals surface area contributed by atoms with Gasteiger partial charge in [0.15, 0.2) is 0 Å². The van der Waals surface area contributed by atoms with E-state index in [0.29, 0.717) is 11.3 Å². The highest BCUT2D eigenvalue weighted by Gasteiger charge is 2.50. The van der Waals surface area contributed by atoms with Crippen LogP contribution in [0.5, 0.6) is 5.75 Å². The second kappa shape index (κ2) is 7.93. The van der Waals surface area contributed by atoms with Gasteiger partial charge in [-0.15, -0.1) is 11.8 Å². The maximum absolute atomic E-state index is 12.8. The first kappa shape index (κ1) is 19.8. The molecule has 0 aliphatic carbocycles. The first-order valence-electron chi connectivity index (χ1n) is 8.63. The SMILES string of the molecule is COc1ccc([C@@]2(C)NC(=O)N(NC(=O)CSc3ccc(C)cc3)C2=O)cc1. The molecule has 0 saturated carbocycles. The zero-order valence-electron chi connectivity index (χ0n) is 15.8. The number of nitrogens with zero attached hydrogens (tertiary/aromatic N) is 1. The Balaban J connectivity index is 1.65. The molecule has 0 radical (unpaired) electrons. The lowest BCUT2D eigenvalue weighted by Crippen LogP contribution is -2.48. The van der Waals surface area contributed by atoms with Crippen molar-refractivity contribution in [3.8, 4) is 5.75 Å². The molecule has 146 valence electrons. The molecule has 1 fully saturated rings. The number of aryl methyl sites for hydroxylation is 1. The van der Waals surface area contributed by atoms with Crippen molar-refractivity contribution in [1.82, 2.24) is 15.8 Å². The van der Waals surface area contributed by atoms with Gasteiger partial charge in [-0.1, -0.05) is 29.8 Å². The van der Waals surface area contributed by atoms with E-state index in [1.807, 2.05) is 31.2 Å². The molecule has 2 N–H and O–H groups in total. The molecule has 1 aliphatic heterocycles. The Labute approximate surface area is 167 Å². The van der Waals surface area contributed by atoms with Gasteiger partial charge in [0.2, 0.25) is 5.91 Å². The van der Waals surface area contributed by atoms with Crippen molar-refractivity contribution in [2.45, 2.75) is 24.3 Å². The molecule has 1 heterocycles. The molecule has 0 unspecified atom stereocenters. The van der Waals surface area contributed by atoms with Gasteiger partial charge in [0.1, 0.15) is 11.3 Å². The summed E-state index contributed by atoms with van der Waals surface area (Å²) in [6, 6.07) is 13.9. The highest BCUT2D eigenvalue weighted by molar-refractivity contribution is 8.00. The summed E-state index contributed by atoms with van der Waals surface area (Å²) in [7, 11) is 1.55. The fraction of sp³-hybridized carbons (Fsp3) is 0.250. The lowest BCUT2D eigenvalue weighted by Gasteiger charge is -2.22. The minimum Gasteiger partial charge on any atom is -0.497 e. The number of ether oxygens (including phenoxy) is 1. The number of carbonyl (C=O) groups is 3. The number of hydrogen-bond acceptors (Lipinski definition) is 5. The van der Waals surface area contributed by atoms with Crippen molar-refractivity contribution >= 4 is 29.6 Å². The van der Waals surface area contributed by atoms with Crippen LogP contribution in [0.2, 0.25) is 0 Å². The van der Waals surface area contributed by atoms with Crippen LogP contribution in [-0.4, -0.2) is 35.7 Å². The summed E-state index contributed by atoms with van der Waals surface area (Å²) in [6.07, 6.45) is 0. The quantitative estimate of drug-likeness (QED) is 0.576. The number of nitrogens with one attached hydrogen (secondary N) is 2. The Bertz CT molecular complexity index is 899. The molecule has 0 aromatic heterocycles. The first-order chi connectivity index (χ1) is 13.3. The minimum absolute atomic E-state index is 0.0827. The van der Waals surface area contributed by atoms with E-state index in [-0.39, 0.29) is 5.75 Å². The molecule has 1 saturated heterocycles. The van der Waals surface area contributed by atoms with Crippen LogP contribution in [0.1, 0.15) is 18.1 Å². The summed E-state index contributed by atoms with van der Waals surface area (Å²) in [6.45, 7) is 3.58. The number of thioether (sulfide) groups is 1. The van der Waals surface area contributed by atoms with Crippen molar-refractivity contribution in [3.05, 3.63) is 59.7 Å². The van der Waals surface area contributed by atoms with Crippen LogP contribution in [0.15, 0.2) is 53.4 Å².